The third-order valence-corrected chi connectivity index (χ3v) is 4.45. The molecule has 0 amide bonds. The molecule has 25 heavy (non-hydrogen) atoms. The molecule has 4 N–H and O–H groups in total. The molecule has 0 spiro atoms. The summed E-state index contributed by atoms with van der Waals surface area (Å²) < 4.78 is 0. The average Bonchev–Trinajstić information content (AvgIpc) is 2.63. The van der Waals surface area contributed by atoms with Crippen molar-refractivity contribution in [3.8, 4) is 5.75 Å². The largest absolute Gasteiger partial charge is 0.508 e. The van der Waals surface area contributed by atoms with E-state index < -0.39 is 0 Å². The fourth-order valence-corrected chi connectivity index (χ4v) is 2.94. The SMILES string of the molecule is CCN(CC)Cc1cc(Nc2ccnc3c(N)cccc23)ccc1O. The number of fused-ring (bicyclic) bond motifs is 1. The summed E-state index contributed by atoms with van der Waals surface area (Å²) in [6.45, 7) is 6.86. The minimum atomic E-state index is 0.321. The monoisotopic (exact) mass is 336 g/mol. The Morgan fingerprint density at radius 1 is 1.12 bits per heavy atom. The number of benzene rings is 2. The second-order valence-corrected chi connectivity index (χ2v) is 6.03. The summed E-state index contributed by atoms with van der Waals surface area (Å²) in [4.78, 5) is 6.63. The number of nitrogens with one attached hydrogen (secondary N) is 1. The zero-order valence-corrected chi connectivity index (χ0v) is 14.7. The van der Waals surface area contributed by atoms with Crippen LogP contribution in [0.1, 0.15) is 19.4 Å². The van der Waals surface area contributed by atoms with Crippen LogP contribution in [0.2, 0.25) is 0 Å². The molecule has 1 aromatic heterocycles. The fourth-order valence-electron chi connectivity index (χ4n) is 2.94. The summed E-state index contributed by atoms with van der Waals surface area (Å²) in [5.41, 5.74) is 10.2. The van der Waals surface area contributed by atoms with Gasteiger partial charge in [-0.15, -0.1) is 0 Å². The lowest BCUT2D eigenvalue weighted by Crippen LogP contribution is -2.22. The zero-order chi connectivity index (χ0) is 17.8. The summed E-state index contributed by atoms with van der Waals surface area (Å²) >= 11 is 0. The molecule has 130 valence electrons. The first-order chi connectivity index (χ1) is 12.1. The Bertz CT molecular complexity index is 875. The van der Waals surface area contributed by atoms with Gasteiger partial charge in [-0.3, -0.25) is 9.88 Å². The van der Waals surface area contributed by atoms with Crippen molar-refractivity contribution < 1.29 is 5.11 Å². The number of phenolic OH excluding ortho intramolecular Hbond substituents is 1. The van der Waals surface area contributed by atoms with Crippen LogP contribution >= 0.6 is 0 Å². The van der Waals surface area contributed by atoms with Crippen LogP contribution < -0.4 is 11.1 Å². The first-order valence-corrected chi connectivity index (χ1v) is 8.56. The van der Waals surface area contributed by atoms with E-state index in [4.69, 9.17) is 5.73 Å². The number of nitrogen functional groups attached to an aromatic ring is 1. The number of nitrogens with two attached hydrogens (primary N) is 1. The summed E-state index contributed by atoms with van der Waals surface area (Å²) in [5, 5.41) is 14.6. The molecule has 3 rings (SSSR count). The Hall–Kier alpha value is -2.79. The van der Waals surface area contributed by atoms with Crippen molar-refractivity contribution in [3.05, 3.63) is 54.2 Å². The first kappa shape index (κ1) is 17.0. The molecule has 0 aliphatic rings. The van der Waals surface area contributed by atoms with Gasteiger partial charge in [-0.1, -0.05) is 26.0 Å². The van der Waals surface area contributed by atoms with Crippen molar-refractivity contribution in [2.45, 2.75) is 20.4 Å². The number of phenols is 1. The van der Waals surface area contributed by atoms with E-state index >= 15 is 0 Å². The summed E-state index contributed by atoms with van der Waals surface area (Å²) in [7, 11) is 0. The number of aromatic hydroxyl groups is 1. The van der Waals surface area contributed by atoms with Gasteiger partial charge in [0.15, 0.2) is 0 Å². The van der Waals surface area contributed by atoms with E-state index in [1.807, 2.05) is 36.4 Å². The zero-order valence-electron chi connectivity index (χ0n) is 14.7. The number of hydrogen-bond acceptors (Lipinski definition) is 5. The Kier molecular flexibility index (Phi) is 5.05. The van der Waals surface area contributed by atoms with Gasteiger partial charge in [-0.05, 0) is 43.4 Å². The predicted octanol–water partition coefficient (Wildman–Crippen LogP) is 4.11. The van der Waals surface area contributed by atoms with Crippen LogP contribution in [0.15, 0.2) is 48.7 Å². The van der Waals surface area contributed by atoms with Crippen LogP contribution in [0.25, 0.3) is 10.9 Å². The van der Waals surface area contributed by atoms with Gasteiger partial charge in [0.2, 0.25) is 0 Å². The lowest BCUT2D eigenvalue weighted by Gasteiger charge is -2.19. The van der Waals surface area contributed by atoms with E-state index in [1.54, 1.807) is 12.3 Å². The van der Waals surface area contributed by atoms with Crippen LogP contribution in [0.4, 0.5) is 17.1 Å². The van der Waals surface area contributed by atoms with Gasteiger partial charge in [0.25, 0.3) is 0 Å². The molecule has 1 heterocycles. The number of aromatic nitrogens is 1. The molecule has 3 aromatic rings. The van der Waals surface area contributed by atoms with Crippen LogP contribution in [0, 0.1) is 0 Å². The van der Waals surface area contributed by atoms with E-state index in [0.717, 1.165) is 47.5 Å². The molecule has 5 heteroatoms. The van der Waals surface area contributed by atoms with E-state index in [1.165, 1.54) is 0 Å². The van der Waals surface area contributed by atoms with Crippen molar-refractivity contribution in [3.63, 3.8) is 0 Å². The number of nitrogens with zero attached hydrogens (tertiary/aromatic N) is 2. The fraction of sp³-hybridized carbons (Fsp3) is 0.250. The minimum absolute atomic E-state index is 0.321. The molecule has 0 aliphatic carbocycles. The third kappa shape index (κ3) is 3.67. The van der Waals surface area contributed by atoms with Crippen molar-refractivity contribution >= 4 is 28.0 Å². The Morgan fingerprint density at radius 2 is 1.92 bits per heavy atom. The summed E-state index contributed by atoms with van der Waals surface area (Å²) in [6.07, 6.45) is 1.75. The highest BCUT2D eigenvalue weighted by molar-refractivity contribution is 5.98. The topological polar surface area (TPSA) is 74.4 Å². The molecule has 0 radical (unpaired) electrons. The number of anilines is 3. The quantitative estimate of drug-likeness (QED) is 0.467. The molecule has 0 saturated heterocycles. The smallest absolute Gasteiger partial charge is 0.120 e. The van der Waals surface area contributed by atoms with Gasteiger partial charge in [-0.2, -0.15) is 0 Å². The van der Waals surface area contributed by atoms with Gasteiger partial charge >= 0.3 is 0 Å². The van der Waals surface area contributed by atoms with E-state index in [0.29, 0.717) is 11.4 Å². The summed E-state index contributed by atoms with van der Waals surface area (Å²) in [5.74, 6) is 0.321. The average molecular weight is 336 g/mol. The normalized spacial score (nSPS) is 11.2. The molecule has 5 nitrogen and oxygen atoms in total. The lowest BCUT2D eigenvalue weighted by atomic mass is 10.1. The number of rotatable bonds is 6. The van der Waals surface area contributed by atoms with Crippen LogP contribution in [0.5, 0.6) is 5.75 Å². The van der Waals surface area contributed by atoms with Crippen LogP contribution in [-0.2, 0) is 6.54 Å². The van der Waals surface area contributed by atoms with Crippen LogP contribution in [0.3, 0.4) is 0 Å². The van der Waals surface area contributed by atoms with Gasteiger partial charge in [-0.25, -0.2) is 0 Å². The molecule has 0 unspecified atom stereocenters. The molecule has 0 bridgehead atoms. The van der Waals surface area contributed by atoms with E-state index in [-0.39, 0.29) is 0 Å². The maximum atomic E-state index is 10.2. The third-order valence-electron chi connectivity index (χ3n) is 4.45. The maximum absolute atomic E-state index is 10.2. The first-order valence-electron chi connectivity index (χ1n) is 8.56. The molecule has 0 saturated carbocycles. The van der Waals surface area contributed by atoms with Gasteiger partial charge in [0.1, 0.15) is 5.75 Å². The van der Waals surface area contributed by atoms with Crippen molar-refractivity contribution in [2.75, 3.05) is 24.1 Å². The van der Waals surface area contributed by atoms with Gasteiger partial charge in [0, 0.05) is 35.1 Å². The number of para-hydroxylation sites is 1. The molecule has 0 aliphatic heterocycles. The molecular formula is C20H24N4O. The number of pyridine rings is 1. The highest BCUT2D eigenvalue weighted by atomic mass is 16.3. The van der Waals surface area contributed by atoms with E-state index in [2.05, 4.69) is 29.0 Å². The van der Waals surface area contributed by atoms with E-state index in [9.17, 15) is 5.11 Å². The van der Waals surface area contributed by atoms with Crippen LogP contribution in [-0.4, -0.2) is 28.1 Å². The Morgan fingerprint density at radius 3 is 2.68 bits per heavy atom. The Balaban J connectivity index is 1.92. The molecular weight excluding hydrogens is 312 g/mol. The molecule has 0 atom stereocenters. The highest BCUT2D eigenvalue weighted by Crippen LogP contribution is 2.30. The second-order valence-electron chi connectivity index (χ2n) is 6.03. The summed E-state index contributed by atoms with van der Waals surface area (Å²) in [6, 6.07) is 13.3. The lowest BCUT2D eigenvalue weighted by molar-refractivity contribution is 0.291. The maximum Gasteiger partial charge on any atom is 0.120 e. The molecule has 0 fully saturated rings. The predicted molar refractivity (Wildman–Crippen MR) is 104 cm³/mol. The highest BCUT2D eigenvalue weighted by Gasteiger charge is 2.09. The van der Waals surface area contributed by atoms with Crippen molar-refractivity contribution in [1.82, 2.24) is 9.88 Å². The van der Waals surface area contributed by atoms with Gasteiger partial charge < -0.3 is 16.2 Å². The minimum Gasteiger partial charge on any atom is -0.508 e. The van der Waals surface area contributed by atoms with Crippen molar-refractivity contribution in [2.24, 2.45) is 0 Å². The Labute approximate surface area is 148 Å². The number of hydrogen-bond donors (Lipinski definition) is 3. The standard InChI is InChI=1S/C20H24N4O/c1-3-24(4-2)13-14-12-15(8-9-19(14)25)23-18-10-11-22-20-16(18)6-5-7-17(20)21/h5-12,25H,3-4,13,21H2,1-2H3,(H,22,23). The van der Waals surface area contributed by atoms with Gasteiger partial charge in [0.05, 0.1) is 11.2 Å². The van der Waals surface area contributed by atoms with Crippen molar-refractivity contribution in [1.29, 1.82) is 0 Å². The second kappa shape index (κ2) is 7.40. The molecule has 2 aromatic carbocycles.